The van der Waals surface area contributed by atoms with E-state index in [1.165, 1.54) is 0 Å². The number of esters is 2. The van der Waals surface area contributed by atoms with Crippen LogP contribution in [0.3, 0.4) is 0 Å². The Bertz CT molecular complexity index is 324. The summed E-state index contributed by atoms with van der Waals surface area (Å²) in [5.74, 6) is -0.643. The number of rotatable bonds is 1. The van der Waals surface area contributed by atoms with Crippen LogP contribution in [0.4, 0.5) is 0 Å². The third kappa shape index (κ3) is 2.20. The maximum absolute atomic E-state index is 11.8. The number of carbonyl (C=O) groups excluding carboxylic acids is 2. The Hall–Kier alpha value is -1.06. The van der Waals surface area contributed by atoms with Crippen LogP contribution in [0, 0.1) is 5.41 Å². The van der Waals surface area contributed by atoms with Gasteiger partial charge in [0.15, 0.2) is 5.60 Å². The van der Waals surface area contributed by atoms with Crippen LogP contribution in [-0.4, -0.2) is 23.1 Å². The second kappa shape index (κ2) is 3.47. The Kier molecular flexibility index (Phi) is 2.82. The molecule has 4 heteroatoms. The van der Waals surface area contributed by atoms with Crippen LogP contribution >= 0.6 is 0 Å². The van der Waals surface area contributed by atoms with Crippen molar-refractivity contribution in [2.24, 2.45) is 5.41 Å². The first kappa shape index (κ1) is 13.0. The van der Waals surface area contributed by atoms with Crippen molar-refractivity contribution in [3.8, 4) is 0 Å². The normalized spacial score (nSPS) is 28.8. The predicted molar refractivity (Wildman–Crippen MR) is 58.7 cm³/mol. The highest BCUT2D eigenvalue weighted by molar-refractivity contribution is 5.79. The lowest BCUT2D eigenvalue weighted by Crippen LogP contribution is -2.48. The zero-order chi connectivity index (χ0) is 12.8. The van der Waals surface area contributed by atoms with E-state index in [0.29, 0.717) is 0 Å². The summed E-state index contributed by atoms with van der Waals surface area (Å²) < 4.78 is 10.6. The minimum atomic E-state index is -0.881. The molecule has 0 aromatic rings. The van der Waals surface area contributed by atoms with Gasteiger partial charge in [-0.05, 0) is 41.5 Å². The third-order valence-corrected chi connectivity index (χ3v) is 3.05. The monoisotopic (exact) mass is 228 g/mol. The fourth-order valence-corrected chi connectivity index (χ4v) is 1.43. The topological polar surface area (TPSA) is 52.6 Å². The van der Waals surface area contributed by atoms with Crippen LogP contribution in [0.15, 0.2) is 0 Å². The van der Waals surface area contributed by atoms with E-state index < -0.39 is 16.6 Å². The molecule has 16 heavy (non-hydrogen) atoms. The Morgan fingerprint density at radius 2 is 1.81 bits per heavy atom. The van der Waals surface area contributed by atoms with Gasteiger partial charge in [0.05, 0.1) is 11.8 Å². The second-order valence-corrected chi connectivity index (χ2v) is 6.03. The van der Waals surface area contributed by atoms with E-state index in [0.717, 1.165) is 0 Å². The van der Waals surface area contributed by atoms with Gasteiger partial charge < -0.3 is 9.47 Å². The Morgan fingerprint density at radius 3 is 2.12 bits per heavy atom. The zero-order valence-corrected chi connectivity index (χ0v) is 10.8. The Morgan fingerprint density at radius 1 is 1.31 bits per heavy atom. The molecule has 1 rings (SSSR count). The first-order chi connectivity index (χ1) is 6.98. The largest absolute Gasteiger partial charge is 0.455 e. The molecule has 0 aromatic carbocycles. The summed E-state index contributed by atoms with van der Waals surface area (Å²) in [7, 11) is 0. The molecular weight excluding hydrogens is 208 g/mol. The first-order valence-corrected chi connectivity index (χ1v) is 5.43. The maximum atomic E-state index is 11.8. The molecule has 1 saturated heterocycles. The maximum Gasteiger partial charge on any atom is 0.311 e. The number of ether oxygens (including phenoxy) is 2. The van der Waals surface area contributed by atoms with Gasteiger partial charge in [-0.1, -0.05) is 0 Å². The molecule has 0 spiro atoms. The smallest absolute Gasteiger partial charge is 0.311 e. The lowest BCUT2D eigenvalue weighted by molar-refractivity contribution is -0.183. The van der Waals surface area contributed by atoms with Crippen LogP contribution in [-0.2, 0) is 19.1 Å². The van der Waals surface area contributed by atoms with Gasteiger partial charge in [-0.25, -0.2) is 0 Å². The molecule has 0 amide bonds. The van der Waals surface area contributed by atoms with Crippen molar-refractivity contribution in [2.45, 2.75) is 59.2 Å². The lowest BCUT2D eigenvalue weighted by atomic mass is 9.86. The fraction of sp³-hybridized carbons (Fsp3) is 0.833. The van der Waals surface area contributed by atoms with E-state index in [1.807, 2.05) is 0 Å². The van der Waals surface area contributed by atoms with E-state index in [9.17, 15) is 9.59 Å². The van der Waals surface area contributed by atoms with Crippen LogP contribution < -0.4 is 0 Å². The van der Waals surface area contributed by atoms with E-state index >= 15 is 0 Å². The van der Waals surface area contributed by atoms with Gasteiger partial charge >= 0.3 is 11.9 Å². The number of cyclic esters (lactones) is 1. The lowest BCUT2D eigenvalue weighted by Gasteiger charge is -2.36. The van der Waals surface area contributed by atoms with Gasteiger partial charge in [0, 0.05) is 0 Å². The molecule has 0 aliphatic carbocycles. The first-order valence-electron chi connectivity index (χ1n) is 5.43. The average Bonchev–Trinajstić information content (AvgIpc) is 2.17. The van der Waals surface area contributed by atoms with Crippen LogP contribution in [0.1, 0.15) is 48.0 Å². The van der Waals surface area contributed by atoms with Crippen LogP contribution in [0.25, 0.3) is 0 Å². The summed E-state index contributed by atoms with van der Waals surface area (Å²) in [5, 5.41) is 0. The number of hydrogen-bond acceptors (Lipinski definition) is 4. The number of hydrogen-bond donors (Lipinski definition) is 0. The van der Waals surface area contributed by atoms with Gasteiger partial charge in [-0.2, -0.15) is 0 Å². The predicted octanol–water partition coefficient (Wildman–Crippen LogP) is 2.06. The summed E-state index contributed by atoms with van der Waals surface area (Å²) in [6.45, 7) is 10.6. The van der Waals surface area contributed by atoms with E-state index in [4.69, 9.17) is 9.47 Å². The van der Waals surface area contributed by atoms with Crippen LogP contribution in [0.2, 0.25) is 0 Å². The van der Waals surface area contributed by atoms with Gasteiger partial charge in [-0.15, -0.1) is 0 Å². The standard InChI is InChI=1S/C12H20O4/c1-10(2,3)9(14)16-12(6)7-8(13)15-11(12,4)5/h7H2,1-6H3. The van der Waals surface area contributed by atoms with Crippen LogP contribution in [0.5, 0.6) is 0 Å². The molecule has 1 aliphatic heterocycles. The SMILES string of the molecule is CC(C)(C)C(=O)OC1(C)CC(=O)OC1(C)C. The summed E-state index contributed by atoms with van der Waals surface area (Å²) in [6, 6.07) is 0. The Labute approximate surface area is 96.3 Å². The quantitative estimate of drug-likeness (QED) is 0.645. The molecule has 4 nitrogen and oxygen atoms in total. The molecule has 1 atom stereocenters. The van der Waals surface area contributed by atoms with Gasteiger partial charge in [0.2, 0.25) is 0 Å². The van der Waals surface area contributed by atoms with Crippen molar-refractivity contribution in [1.29, 1.82) is 0 Å². The van der Waals surface area contributed by atoms with Crippen molar-refractivity contribution in [2.75, 3.05) is 0 Å². The van der Waals surface area contributed by atoms with E-state index in [1.54, 1.807) is 41.5 Å². The summed E-state index contributed by atoms with van der Waals surface area (Å²) in [5.41, 5.74) is -2.23. The van der Waals surface area contributed by atoms with Gasteiger partial charge in [0.25, 0.3) is 0 Å². The molecule has 0 bridgehead atoms. The number of carbonyl (C=O) groups is 2. The minimum absolute atomic E-state index is 0.113. The molecule has 0 radical (unpaired) electrons. The molecule has 1 aliphatic rings. The fourth-order valence-electron chi connectivity index (χ4n) is 1.43. The summed E-state index contributed by atoms with van der Waals surface area (Å²) in [4.78, 5) is 23.1. The highest BCUT2D eigenvalue weighted by Crippen LogP contribution is 2.40. The highest BCUT2D eigenvalue weighted by Gasteiger charge is 2.55. The van der Waals surface area contributed by atoms with Crippen molar-refractivity contribution >= 4 is 11.9 Å². The van der Waals surface area contributed by atoms with Crippen molar-refractivity contribution in [3.05, 3.63) is 0 Å². The molecule has 1 fully saturated rings. The molecule has 1 heterocycles. The van der Waals surface area contributed by atoms with E-state index in [2.05, 4.69) is 0 Å². The Balaban J connectivity index is 2.88. The molecule has 1 unspecified atom stereocenters. The van der Waals surface area contributed by atoms with E-state index in [-0.39, 0.29) is 18.4 Å². The molecular formula is C12H20O4. The second-order valence-electron chi connectivity index (χ2n) is 6.03. The highest BCUT2D eigenvalue weighted by atomic mass is 16.6. The molecule has 92 valence electrons. The third-order valence-electron chi connectivity index (χ3n) is 3.05. The van der Waals surface area contributed by atoms with Gasteiger partial charge in [0.1, 0.15) is 5.60 Å². The molecule has 0 aromatic heterocycles. The average molecular weight is 228 g/mol. The zero-order valence-electron chi connectivity index (χ0n) is 10.8. The van der Waals surface area contributed by atoms with Crippen molar-refractivity contribution in [1.82, 2.24) is 0 Å². The van der Waals surface area contributed by atoms with Crippen molar-refractivity contribution < 1.29 is 19.1 Å². The summed E-state index contributed by atoms with van der Waals surface area (Å²) >= 11 is 0. The minimum Gasteiger partial charge on any atom is -0.455 e. The molecule has 0 N–H and O–H groups in total. The summed E-state index contributed by atoms with van der Waals surface area (Å²) in [6.07, 6.45) is 0.113. The van der Waals surface area contributed by atoms with Gasteiger partial charge in [-0.3, -0.25) is 9.59 Å². The van der Waals surface area contributed by atoms with Crippen molar-refractivity contribution in [3.63, 3.8) is 0 Å². The molecule has 0 saturated carbocycles.